The van der Waals surface area contributed by atoms with Crippen molar-refractivity contribution >= 4 is 11.6 Å². The molecule has 0 spiro atoms. The molecule has 1 saturated heterocycles. The average molecular weight is 261 g/mol. The van der Waals surface area contributed by atoms with Crippen LogP contribution in [0.4, 0.5) is 0 Å². The Morgan fingerprint density at radius 1 is 1.33 bits per heavy atom. The van der Waals surface area contributed by atoms with Crippen molar-refractivity contribution in [2.24, 2.45) is 5.92 Å². The predicted molar refractivity (Wildman–Crippen MR) is 74.2 cm³/mol. The number of hydrogen-bond donors (Lipinski definition) is 2. The summed E-state index contributed by atoms with van der Waals surface area (Å²) in [6, 6.07) is 0.461. The summed E-state index contributed by atoms with van der Waals surface area (Å²) in [6.45, 7) is 3.33. The minimum absolute atomic E-state index is 0.135. The highest BCUT2D eigenvalue weighted by Gasteiger charge is 2.38. The van der Waals surface area contributed by atoms with E-state index in [0.717, 1.165) is 13.0 Å². The topological polar surface area (TPSA) is 24.1 Å². The molecule has 0 bridgehead atoms. The van der Waals surface area contributed by atoms with Gasteiger partial charge in [-0.05, 0) is 60.4 Å². The fourth-order valence-electron chi connectivity index (χ4n) is 3.75. The van der Waals surface area contributed by atoms with Crippen LogP contribution in [0.25, 0.3) is 0 Å². The van der Waals surface area contributed by atoms with Gasteiger partial charge in [0.1, 0.15) is 0 Å². The van der Waals surface area contributed by atoms with Gasteiger partial charge in [0.15, 0.2) is 0 Å². The van der Waals surface area contributed by atoms with Crippen LogP contribution in [0.1, 0.15) is 19.8 Å². The highest BCUT2D eigenvalue weighted by molar-refractivity contribution is 6.22. The van der Waals surface area contributed by atoms with Gasteiger partial charge in [-0.1, -0.05) is 0 Å². The van der Waals surface area contributed by atoms with Gasteiger partial charge in [0.25, 0.3) is 0 Å². The van der Waals surface area contributed by atoms with E-state index in [-0.39, 0.29) is 5.38 Å². The van der Waals surface area contributed by atoms with Gasteiger partial charge >= 0.3 is 0 Å². The number of allylic oxidation sites excluding steroid dienone is 5. The molecule has 1 fully saturated rings. The monoisotopic (exact) mass is 260 g/mol. The van der Waals surface area contributed by atoms with Crippen molar-refractivity contribution in [3.63, 3.8) is 0 Å². The lowest BCUT2D eigenvalue weighted by atomic mass is 9.73. The van der Waals surface area contributed by atoms with Crippen molar-refractivity contribution in [1.82, 2.24) is 10.6 Å². The molecule has 3 atom stereocenters. The molecule has 0 aromatic rings. The third kappa shape index (κ3) is 1.36. The lowest BCUT2D eigenvalue weighted by molar-refractivity contribution is 0.568. The molecule has 4 rings (SSSR count). The van der Waals surface area contributed by atoms with E-state index in [1.165, 1.54) is 23.3 Å². The molecule has 0 aromatic heterocycles. The smallest absolute Gasteiger partial charge is 0.0579 e. The van der Waals surface area contributed by atoms with Gasteiger partial charge in [-0.15, -0.1) is 11.6 Å². The largest absolute Gasteiger partial charge is 0.385 e. The predicted octanol–water partition coefficient (Wildman–Crippen LogP) is 2.60. The Morgan fingerprint density at radius 2 is 2.22 bits per heavy atom. The first-order valence-corrected chi connectivity index (χ1v) is 7.17. The first-order chi connectivity index (χ1) is 8.74. The van der Waals surface area contributed by atoms with Gasteiger partial charge in [0.05, 0.1) is 5.38 Å². The molecule has 2 N–H and O–H groups in total. The Morgan fingerprint density at radius 3 is 3.11 bits per heavy atom. The van der Waals surface area contributed by atoms with Crippen LogP contribution in [0.3, 0.4) is 0 Å². The molecule has 2 nitrogen and oxygen atoms in total. The summed E-state index contributed by atoms with van der Waals surface area (Å²) in [5, 5.41) is 7.08. The van der Waals surface area contributed by atoms with E-state index >= 15 is 0 Å². The van der Waals surface area contributed by atoms with E-state index in [1.54, 1.807) is 11.1 Å². The van der Waals surface area contributed by atoms with E-state index in [9.17, 15) is 0 Å². The number of dihydropyridines is 1. The second-order valence-electron chi connectivity index (χ2n) is 5.64. The van der Waals surface area contributed by atoms with Gasteiger partial charge in [0.2, 0.25) is 0 Å². The van der Waals surface area contributed by atoms with Gasteiger partial charge in [-0.25, -0.2) is 0 Å². The maximum atomic E-state index is 6.38. The molecule has 2 aliphatic carbocycles. The van der Waals surface area contributed by atoms with E-state index in [4.69, 9.17) is 11.6 Å². The summed E-state index contributed by atoms with van der Waals surface area (Å²) < 4.78 is 0. The first-order valence-electron chi connectivity index (χ1n) is 6.73. The van der Waals surface area contributed by atoms with Crippen LogP contribution in [-0.2, 0) is 0 Å². The number of halogens is 1. The zero-order chi connectivity index (χ0) is 12.3. The highest BCUT2D eigenvalue weighted by atomic mass is 35.5. The Kier molecular flexibility index (Phi) is 2.19. The standard InChI is InChI=1S/C15H17ClN2/c1-8-12-4-9-7-18-14-6-10(16)5-13(15(9)14)11(12)2-3-17-8/h2-3,6,8-10,17-18H,4-5,7H2,1H3. The third-order valence-electron chi connectivity index (χ3n) is 4.57. The van der Waals surface area contributed by atoms with Crippen molar-refractivity contribution in [1.29, 1.82) is 0 Å². The summed E-state index contributed by atoms with van der Waals surface area (Å²) in [7, 11) is 0. The molecule has 18 heavy (non-hydrogen) atoms. The van der Waals surface area contributed by atoms with Crippen molar-refractivity contribution in [3.8, 4) is 0 Å². The highest BCUT2D eigenvalue weighted by Crippen LogP contribution is 2.47. The summed E-state index contributed by atoms with van der Waals surface area (Å²) in [6.07, 6.45) is 8.68. The normalized spacial score (nSPS) is 36.8. The molecule has 0 amide bonds. The molecule has 94 valence electrons. The van der Waals surface area contributed by atoms with Crippen molar-refractivity contribution in [2.45, 2.75) is 31.2 Å². The van der Waals surface area contributed by atoms with Crippen molar-refractivity contribution in [2.75, 3.05) is 6.54 Å². The minimum atomic E-state index is 0.135. The molecular formula is C15H17ClN2. The lowest BCUT2D eigenvalue weighted by Crippen LogP contribution is -2.31. The summed E-state index contributed by atoms with van der Waals surface area (Å²) in [5.41, 5.74) is 7.35. The number of rotatable bonds is 0. The van der Waals surface area contributed by atoms with E-state index < -0.39 is 0 Å². The number of hydrogen-bond acceptors (Lipinski definition) is 2. The zero-order valence-electron chi connectivity index (χ0n) is 10.5. The molecule has 4 aliphatic rings. The average Bonchev–Trinajstić information content (AvgIpc) is 2.75. The van der Waals surface area contributed by atoms with E-state index in [1.807, 2.05) is 0 Å². The molecule has 3 heteroatoms. The Balaban J connectivity index is 1.90. The Hall–Kier alpha value is -1.15. The maximum Gasteiger partial charge on any atom is 0.0579 e. The van der Waals surface area contributed by atoms with Crippen LogP contribution in [0.2, 0.25) is 0 Å². The lowest BCUT2D eigenvalue weighted by Gasteiger charge is -2.34. The van der Waals surface area contributed by atoms with E-state index in [2.05, 4.69) is 35.9 Å². The Bertz CT molecular complexity index is 539. The molecule has 0 saturated carbocycles. The summed E-state index contributed by atoms with van der Waals surface area (Å²) >= 11 is 6.38. The molecule has 2 aliphatic heterocycles. The van der Waals surface area contributed by atoms with Crippen molar-refractivity contribution < 1.29 is 0 Å². The Labute approximate surface area is 112 Å². The second kappa shape index (κ2) is 3.67. The van der Waals surface area contributed by atoms with Crippen molar-refractivity contribution in [3.05, 3.63) is 46.3 Å². The molecule has 2 heterocycles. The molecular weight excluding hydrogens is 244 g/mol. The van der Waals surface area contributed by atoms with Gasteiger partial charge in [0, 0.05) is 24.2 Å². The van der Waals surface area contributed by atoms with Crippen LogP contribution in [-0.4, -0.2) is 18.0 Å². The molecule has 0 radical (unpaired) electrons. The second-order valence-corrected chi connectivity index (χ2v) is 6.20. The first kappa shape index (κ1) is 10.7. The van der Waals surface area contributed by atoms with Crippen LogP contribution in [0.5, 0.6) is 0 Å². The van der Waals surface area contributed by atoms with E-state index in [0.29, 0.717) is 12.0 Å². The number of alkyl halides is 1. The van der Waals surface area contributed by atoms with Gasteiger partial charge in [-0.2, -0.15) is 0 Å². The number of fused-ring (bicyclic) bond motifs is 1. The van der Waals surface area contributed by atoms with Gasteiger partial charge in [-0.3, -0.25) is 0 Å². The minimum Gasteiger partial charge on any atom is -0.385 e. The summed E-state index contributed by atoms with van der Waals surface area (Å²) in [4.78, 5) is 0. The fraction of sp³-hybridized carbons (Fsp3) is 0.467. The van der Waals surface area contributed by atoms with Crippen LogP contribution < -0.4 is 10.6 Å². The third-order valence-corrected chi connectivity index (χ3v) is 4.85. The maximum absolute atomic E-state index is 6.38. The SMILES string of the molecule is CC1NC=CC2=C1CC1CNC3=CC(Cl)CC2=C31. The van der Waals surface area contributed by atoms with Crippen LogP contribution >= 0.6 is 11.6 Å². The summed E-state index contributed by atoms with van der Waals surface area (Å²) in [5.74, 6) is 0.657. The zero-order valence-corrected chi connectivity index (χ0v) is 11.2. The molecule has 0 aromatic carbocycles. The molecule has 3 unspecified atom stereocenters. The van der Waals surface area contributed by atoms with Crippen LogP contribution in [0, 0.1) is 5.92 Å². The number of nitrogens with one attached hydrogen (secondary N) is 2. The quantitative estimate of drug-likeness (QED) is 0.655. The van der Waals surface area contributed by atoms with Gasteiger partial charge < -0.3 is 10.6 Å². The fourth-order valence-corrected chi connectivity index (χ4v) is 4.03. The van der Waals surface area contributed by atoms with Crippen LogP contribution in [0.15, 0.2) is 46.3 Å².